The molecule has 2 aromatic rings. The number of nitrogens with zero attached hydrogens (tertiary/aromatic N) is 1. The average Bonchev–Trinajstić information content (AvgIpc) is 3.16. The Balaban J connectivity index is 1.59. The van der Waals surface area contributed by atoms with E-state index in [0.29, 0.717) is 35.3 Å². The van der Waals surface area contributed by atoms with Gasteiger partial charge in [0.1, 0.15) is 5.75 Å². The standard InChI is InChI=1S/C18H20ClN3O4/c1-25-15-7-6-12(19)10-14(15)21-18(24)20-13-4-2-8-22(11-13)17(23)16-5-3-9-26-16/h3,5-7,9-10,13H,2,4,8,11H2,1H3,(H2,20,21,24). The van der Waals surface area contributed by atoms with Crippen molar-refractivity contribution in [1.82, 2.24) is 10.2 Å². The molecule has 0 aliphatic carbocycles. The van der Waals surface area contributed by atoms with Crippen LogP contribution in [0.5, 0.6) is 5.75 Å². The van der Waals surface area contributed by atoms with E-state index >= 15 is 0 Å². The lowest BCUT2D eigenvalue weighted by atomic mass is 10.1. The molecule has 2 N–H and O–H groups in total. The first-order valence-electron chi connectivity index (χ1n) is 8.30. The molecule has 1 atom stereocenters. The van der Waals surface area contributed by atoms with Gasteiger partial charge < -0.3 is 24.7 Å². The van der Waals surface area contributed by atoms with Gasteiger partial charge in [0.2, 0.25) is 0 Å². The predicted octanol–water partition coefficient (Wildman–Crippen LogP) is 3.37. The number of amides is 3. The zero-order valence-electron chi connectivity index (χ0n) is 14.3. The highest BCUT2D eigenvalue weighted by molar-refractivity contribution is 6.31. The van der Waals surface area contributed by atoms with Crippen molar-refractivity contribution in [3.05, 3.63) is 47.4 Å². The molecule has 1 aliphatic rings. The number of hydrogen-bond acceptors (Lipinski definition) is 4. The number of carbonyl (C=O) groups excluding carboxylic acids is 2. The van der Waals surface area contributed by atoms with Crippen LogP contribution < -0.4 is 15.4 Å². The normalized spacial score (nSPS) is 16.8. The van der Waals surface area contributed by atoms with Crippen molar-refractivity contribution in [2.24, 2.45) is 0 Å². The first kappa shape index (κ1) is 18.1. The molecule has 138 valence electrons. The van der Waals surface area contributed by atoms with Crippen molar-refractivity contribution in [3.8, 4) is 5.75 Å². The number of furan rings is 1. The van der Waals surface area contributed by atoms with Crippen LogP contribution in [0.1, 0.15) is 23.4 Å². The Morgan fingerprint density at radius 1 is 1.35 bits per heavy atom. The SMILES string of the molecule is COc1ccc(Cl)cc1NC(=O)NC1CCCN(C(=O)c2ccco2)C1. The molecule has 1 aromatic heterocycles. The zero-order chi connectivity index (χ0) is 18.5. The number of likely N-dealkylation sites (tertiary alicyclic amines) is 1. The van der Waals surface area contributed by atoms with Gasteiger partial charge in [-0.05, 0) is 43.2 Å². The summed E-state index contributed by atoms with van der Waals surface area (Å²) in [4.78, 5) is 26.4. The summed E-state index contributed by atoms with van der Waals surface area (Å²) in [7, 11) is 1.52. The van der Waals surface area contributed by atoms with E-state index < -0.39 is 0 Å². The number of ether oxygens (including phenoxy) is 1. The molecule has 8 heteroatoms. The maximum absolute atomic E-state index is 12.4. The quantitative estimate of drug-likeness (QED) is 0.855. The van der Waals surface area contributed by atoms with Gasteiger partial charge in [0.05, 0.1) is 19.1 Å². The van der Waals surface area contributed by atoms with Crippen molar-refractivity contribution in [1.29, 1.82) is 0 Å². The van der Waals surface area contributed by atoms with Crippen molar-refractivity contribution in [2.45, 2.75) is 18.9 Å². The lowest BCUT2D eigenvalue weighted by Crippen LogP contribution is -2.50. The summed E-state index contributed by atoms with van der Waals surface area (Å²) in [6, 6.07) is 7.78. The van der Waals surface area contributed by atoms with Crippen LogP contribution in [-0.4, -0.2) is 43.1 Å². The number of hydrogen-bond donors (Lipinski definition) is 2. The van der Waals surface area contributed by atoms with Crippen LogP contribution in [0.15, 0.2) is 41.0 Å². The van der Waals surface area contributed by atoms with Crippen molar-refractivity contribution in [3.63, 3.8) is 0 Å². The number of benzene rings is 1. The first-order chi connectivity index (χ1) is 12.6. The van der Waals surface area contributed by atoms with E-state index in [1.807, 2.05) is 0 Å². The van der Waals surface area contributed by atoms with E-state index in [1.165, 1.54) is 13.4 Å². The Bertz CT molecular complexity index is 779. The predicted molar refractivity (Wildman–Crippen MR) is 97.8 cm³/mol. The van der Waals surface area contributed by atoms with Crippen molar-refractivity contribution < 1.29 is 18.7 Å². The lowest BCUT2D eigenvalue weighted by Gasteiger charge is -2.32. The van der Waals surface area contributed by atoms with E-state index in [2.05, 4.69) is 10.6 Å². The smallest absolute Gasteiger partial charge is 0.319 e. The van der Waals surface area contributed by atoms with Gasteiger partial charge in [0.15, 0.2) is 5.76 Å². The summed E-state index contributed by atoms with van der Waals surface area (Å²) in [6.45, 7) is 1.07. The number of anilines is 1. The molecule has 7 nitrogen and oxygen atoms in total. The summed E-state index contributed by atoms with van der Waals surface area (Å²) in [5.41, 5.74) is 0.483. The fourth-order valence-electron chi connectivity index (χ4n) is 2.96. The molecule has 1 saturated heterocycles. The molecule has 2 heterocycles. The van der Waals surface area contributed by atoms with Crippen LogP contribution in [0.3, 0.4) is 0 Å². The van der Waals surface area contributed by atoms with Crippen molar-refractivity contribution in [2.75, 3.05) is 25.5 Å². The third-order valence-electron chi connectivity index (χ3n) is 4.19. The Morgan fingerprint density at radius 2 is 2.19 bits per heavy atom. The molecule has 1 aliphatic heterocycles. The van der Waals surface area contributed by atoms with Crippen LogP contribution in [0, 0.1) is 0 Å². The maximum atomic E-state index is 12.4. The molecule has 0 radical (unpaired) electrons. The zero-order valence-corrected chi connectivity index (χ0v) is 15.1. The van der Waals surface area contributed by atoms with Gasteiger partial charge in [0.25, 0.3) is 5.91 Å². The lowest BCUT2D eigenvalue weighted by molar-refractivity contribution is 0.0666. The fraction of sp³-hybridized carbons (Fsp3) is 0.333. The van der Waals surface area contributed by atoms with Gasteiger partial charge >= 0.3 is 6.03 Å². The summed E-state index contributed by atoms with van der Waals surface area (Å²) in [5.74, 6) is 0.653. The van der Waals surface area contributed by atoms with Crippen LogP contribution in [0.4, 0.5) is 10.5 Å². The van der Waals surface area contributed by atoms with Crippen LogP contribution >= 0.6 is 11.6 Å². The summed E-state index contributed by atoms with van der Waals surface area (Å²) in [5, 5.41) is 6.13. The average molecular weight is 378 g/mol. The minimum atomic E-state index is -0.372. The molecule has 3 amide bonds. The highest BCUT2D eigenvalue weighted by Crippen LogP contribution is 2.27. The molecule has 26 heavy (non-hydrogen) atoms. The second kappa shape index (κ2) is 8.14. The van der Waals surface area contributed by atoms with Gasteiger partial charge in [-0.2, -0.15) is 0 Å². The van der Waals surface area contributed by atoms with Crippen LogP contribution in [-0.2, 0) is 0 Å². The number of halogens is 1. The molecule has 3 rings (SSSR count). The summed E-state index contributed by atoms with van der Waals surface area (Å²) in [6.07, 6.45) is 3.07. The topological polar surface area (TPSA) is 83.8 Å². The number of carbonyl (C=O) groups is 2. The first-order valence-corrected chi connectivity index (χ1v) is 8.68. The molecule has 1 unspecified atom stereocenters. The molecule has 0 saturated carbocycles. The Kier molecular flexibility index (Phi) is 5.68. The van der Waals surface area contributed by atoms with Gasteiger partial charge in [-0.15, -0.1) is 0 Å². The third-order valence-corrected chi connectivity index (χ3v) is 4.42. The van der Waals surface area contributed by atoms with Gasteiger partial charge in [0, 0.05) is 24.2 Å². The number of urea groups is 1. The minimum absolute atomic E-state index is 0.146. The number of rotatable bonds is 4. The maximum Gasteiger partial charge on any atom is 0.319 e. The summed E-state index contributed by atoms with van der Waals surface area (Å²) < 4.78 is 10.4. The number of piperidine rings is 1. The minimum Gasteiger partial charge on any atom is -0.495 e. The Morgan fingerprint density at radius 3 is 2.92 bits per heavy atom. The second-order valence-corrected chi connectivity index (χ2v) is 6.45. The molecule has 1 fully saturated rings. The van der Waals surface area contributed by atoms with Gasteiger partial charge in [-0.1, -0.05) is 11.6 Å². The van der Waals surface area contributed by atoms with E-state index in [1.54, 1.807) is 35.2 Å². The fourth-order valence-corrected chi connectivity index (χ4v) is 3.13. The van der Waals surface area contributed by atoms with Gasteiger partial charge in [-0.3, -0.25) is 4.79 Å². The van der Waals surface area contributed by atoms with E-state index in [4.69, 9.17) is 20.8 Å². The van der Waals surface area contributed by atoms with E-state index in [9.17, 15) is 9.59 Å². The van der Waals surface area contributed by atoms with Crippen LogP contribution in [0.2, 0.25) is 5.02 Å². The molecule has 0 spiro atoms. The molecular weight excluding hydrogens is 358 g/mol. The Hall–Kier alpha value is -2.67. The van der Waals surface area contributed by atoms with E-state index in [0.717, 1.165) is 12.8 Å². The highest BCUT2D eigenvalue weighted by Gasteiger charge is 2.26. The molecule has 0 bridgehead atoms. The van der Waals surface area contributed by atoms with Gasteiger partial charge in [-0.25, -0.2) is 4.79 Å². The molecule has 1 aromatic carbocycles. The number of nitrogens with one attached hydrogen (secondary N) is 2. The highest BCUT2D eigenvalue weighted by atomic mass is 35.5. The monoisotopic (exact) mass is 377 g/mol. The van der Waals surface area contributed by atoms with Crippen molar-refractivity contribution >= 4 is 29.2 Å². The Labute approximate surface area is 156 Å². The summed E-state index contributed by atoms with van der Waals surface area (Å²) >= 11 is 5.97. The largest absolute Gasteiger partial charge is 0.495 e. The second-order valence-electron chi connectivity index (χ2n) is 6.01. The molecular formula is C18H20ClN3O4. The number of methoxy groups -OCH3 is 1. The van der Waals surface area contributed by atoms with E-state index in [-0.39, 0.29) is 18.0 Å². The van der Waals surface area contributed by atoms with Crippen LogP contribution in [0.25, 0.3) is 0 Å². The third kappa shape index (κ3) is 4.29.